The summed E-state index contributed by atoms with van der Waals surface area (Å²) >= 11 is 0. The summed E-state index contributed by atoms with van der Waals surface area (Å²) in [5.41, 5.74) is 0.947. The zero-order valence-corrected chi connectivity index (χ0v) is 10.8. The Morgan fingerprint density at radius 3 is 2.07 bits per heavy atom. The van der Waals surface area contributed by atoms with Crippen LogP contribution in [0.4, 0.5) is 0 Å². The maximum absolute atomic E-state index is 11.6. The van der Waals surface area contributed by atoms with Gasteiger partial charge in [-0.15, -0.1) is 0 Å². The van der Waals surface area contributed by atoms with Gasteiger partial charge in [-0.25, -0.2) is 12.7 Å². The van der Waals surface area contributed by atoms with Crippen molar-refractivity contribution in [1.29, 1.82) is 0 Å². The average molecular weight is 229 g/mol. The van der Waals surface area contributed by atoms with Crippen molar-refractivity contribution >= 4 is 10.0 Å². The minimum atomic E-state index is -3.27. The van der Waals surface area contributed by atoms with Crippen LogP contribution in [0.5, 0.6) is 0 Å². The molecule has 0 aliphatic heterocycles. The molecule has 4 heteroatoms. The lowest BCUT2D eigenvalue weighted by Crippen LogP contribution is -2.22. The summed E-state index contributed by atoms with van der Waals surface area (Å²) < 4.78 is 24.4. The molecule has 0 saturated carbocycles. The summed E-state index contributed by atoms with van der Waals surface area (Å²) in [4.78, 5) is 0.345. The number of benzene rings is 1. The largest absolute Gasteiger partial charge is 0.242 e. The van der Waals surface area contributed by atoms with Crippen LogP contribution in [0.2, 0.25) is 0 Å². The second-order valence-electron chi connectivity index (χ2n) is 3.10. The van der Waals surface area contributed by atoms with E-state index in [1.165, 1.54) is 18.4 Å². The van der Waals surface area contributed by atoms with E-state index >= 15 is 0 Å². The lowest BCUT2D eigenvalue weighted by atomic mass is 10.2. The maximum Gasteiger partial charge on any atom is 0.242 e. The van der Waals surface area contributed by atoms with Gasteiger partial charge in [0, 0.05) is 14.1 Å². The highest BCUT2D eigenvalue weighted by atomic mass is 32.2. The van der Waals surface area contributed by atoms with Crippen molar-refractivity contribution in [2.75, 3.05) is 14.1 Å². The summed E-state index contributed by atoms with van der Waals surface area (Å²) in [5.74, 6) is 0. The molecule has 15 heavy (non-hydrogen) atoms. The van der Waals surface area contributed by atoms with Crippen LogP contribution in [-0.4, -0.2) is 26.8 Å². The Balaban J connectivity index is 0.000000921. The molecular weight excluding hydrogens is 210 g/mol. The lowest BCUT2D eigenvalue weighted by molar-refractivity contribution is 0.520. The molecule has 0 fully saturated rings. The molecule has 0 spiro atoms. The zero-order valence-electron chi connectivity index (χ0n) is 9.98. The Bertz CT molecular complexity index is 397. The molecule has 1 rings (SSSR count). The van der Waals surface area contributed by atoms with Crippen molar-refractivity contribution in [2.45, 2.75) is 25.7 Å². The third kappa shape index (κ3) is 3.64. The highest BCUT2D eigenvalue weighted by molar-refractivity contribution is 7.89. The Morgan fingerprint density at radius 1 is 1.13 bits per heavy atom. The summed E-state index contributed by atoms with van der Waals surface area (Å²) in [6, 6.07) is 6.87. The van der Waals surface area contributed by atoms with Gasteiger partial charge in [0.25, 0.3) is 0 Å². The van der Waals surface area contributed by atoms with Crippen LogP contribution in [0.1, 0.15) is 19.4 Å². The van der Waals surface area contributed by atoms with Gasteiger partial charge in [0.1, 0.15) is 0 Å². The predicted octanol–water partition coefficient (Wildman–Crippen LogP) is 2.27. The molecule has 0 heterocycles. The fraction of sp³-hybridized carbons (Fsp3) is 0.455. The molecule has 0 aromatic heterocycles. The van der Waals surface area contributed by atoms with Crippen molar-refractivity contribution in [3.05, 3.63) is 29.8 Å². The number of hydrogen-bond acceptors (Lipinski definition) is 2. The molecule has 0 atom stereocenters. The molecule has 0 radical (unpaired) electrons. The zero-order chi connectivity index (χ0) is 12.1. The molecule has 86 valence electrons. The minimum absolute atomic E-state index is 0.345. The van der Waals surface area contributed by atoms with Gasteiger partial charge in [-0.2, -0.15) is 0 Å². The predicted molar refractivity (Wildman–Crippen MR) is 63.4 cm³/mol. The number of hydrogen-bond donors (Lipinski definition) is 0. The highest BCUT2D eigenvalue weighted by Crippen LogP contribution is 2.13. The molecule has 0 amide bonds. The Morgan fingerprint density at radius 2 is 1.67 bits per heavy atom. The Kier molecular flexibility index (Phi) is 5.54. The van der Waals surface area contributed by atoms with Crippen molar-refractivity contribution in [3.63, 3.8) is 0 Å². The molecule has 0 saturated heterocycles. The molecule has 0 unspecified atom stereocenters. The SMILES string of the molecule is CC.Cc1cccc(S(=O)(=O)N(C)C)c1. The third-order valence-electron chi connectivity index (χ3n) is 1.77. The summed E-state index contributed by atoms with van der Waals surface area (Å²) in [5, 5.41) is 0. The quantitative estimate of drug-likeness (QED) is 0.780. The fourth-order valence-electron chi connectivity index (χ4n) is 0.987. The van der Waals surface area contributed by atoms with Crippen LogP contribution in [0.25, 0.3) is 0 Å². The van der Waals surface area contributed by atoms with Gasteiger partial charge in [0.05, 0.1) is 4.90 Å². The highest BCUT2D eigenvalue weighted by Gasteiger charge is 2.16. The van der Waals surface area contributed by atoms with Crippen molar-refractivity contribution in [3.8, 4) is 0 Å². The van der Waals surface area contributed by atoms with Crippen molar-refractivity contribution in [1.82, 2.24) is 4.31 Å². The van der Waals surface area contributed by atoms with Gasteiger partial charge in [0.15, 0.2) is 0 Å². The van der Waals surface area contributed by atoms with E-state index in [0.29, 0.717) is 4.90 Å². The molecular formula is C11H19NO2S. The van der Waals surface area contributed by atoms with E-state index in [1.54, 1.807) is 18.2 Å². The van der Waals surface area contributed by atoms with E-state index in [9.17, 15) is 8.42 Å². The van der Waals surface area contributed by atoms with Gasteiger partial charge in [-0.1, -0.05) is 26.0 Å². The number of rotatable bonds is 2. The monoisotopic (exact) mass is 229 g/mol. The second kappa shape index (κ2) is 5.88. The first-order valence-corrected chi connectivity index (χ1v) is 6.38. The van der Waals surface area contributed by atoms with Crippen LogP contribution in [0.3, 0.4) is 0 Å². The van der Waals surface area contributed by atoms with Crippen LogP contribution in [0.15, 0.2) is 29.2 Å². The molecule has 0 bridgehead atoms. The summed E-state index contributed by atoms with van der Waals surface area (Å²) in [7, 11) is -0.215. The normalized spacial score (nSPS) is 10.8. The first kappa shape index (κ1) is 14.1. The number of aryl methyl sites for hydroxylation is 1. The van der Waals surface area contributed by atoms with Crippen LogP contribution < -0.4 is 0 Å². The molecule has 3 nitrogen and oxygen atoms in total. The van der Waals surface area contributed by atoms with Gasteiger partial charge < -0.3 is 0 Å². The first-order valence-electron chi connectivity index (χ1n) is 4.94. The molecule has 0 aliphatic rings. The number of sulfonamides is 1. The van der Waals surface area contributed by atoms with Crippen molar-refractivity contribution in [2.24, 2.45) is 0 Å². The second-order valence-corrected chi connectivity index (χ2v) is 5.26. The first-order chi connectivity index (χ1) is 6.94. The van der Waals surface area contributed by atoms with Gasteiger partial charge in [0.2, 0.25) is 10.0 Å². The standard InChI is InChI=1S/C9H13NO2S.C2H6/c1-8-5-4-6-9(7-8)13(11,12)10(2)3;1-2/h4-7H,1-3H3;1-2H3. The van der Waals surface area contributed by atoms with Gasteiger partial charge >= 0.3 is 0 Å². The van der Waals surface area contributed by atoms with Gasteiger partial charge in [-0.05, 0) is 24.6 Å². The fourth-order valence-corrected chi connectivity index (χ4v) is 1.99. The molecule has 1 aromatic rings. The smallest absolute Gasteiger partial charge is 0.207 e. The van der Waals surface area contributed by atoms with Crippen molar-refractivity contribution < 1.29 is 8.42 Å². The maximum atomic E-state index is 11.6. The van der Waals surface area contributed by atoms with Crippen LogP contribution >= 0.6 is 0 Å². The van der Waals surface area contributed by atoms with E-state index in [2.05, 4.69) is 0 Å². The topological polar surface area (TPSA) is 37.4 Å². The minimum Gasteiger partial charge on any atom is -0.207 e. The Labute approximate surface area is 92.8 Å². The van der Waals surface area contributed by atoms with E-state index in [-0.39, 0.29) is 0 Å². The van der Waals surface area contributed by atoms with E-state index in [4.69, 9.17) is 0 Å². The third-order valence-corrected chi connectivity index (χ3v) is 3.58. The lowest BCUT2D eigenvalue weighted by Gasteiger charge is -2.11. The van der Waals surface area contributed by atoms with Gasteiger partial charge in [-0.3, -0.25) is 0 Å². The molecule has 0 aliphatic carbocycles. The van der Waals surface area contributed by atoms with Crippen LogP contribution in [0, 0.1) is 6.92 Å². The number of nitrogens with zero attached hydrogens (tertiary/aromatic N) is 1. The summed E-state index contributed by atoms with van der Waals surface area (Å²) in [6.07, 6.45) is 0. The summed E-state index contributed by atoms with van der Waals surface area (Å²) in [6.45, 7) is 5.87. The molecule has 1 aromatic carbocycles. The average Bonchev–Trinajstić information content (AvgIpc) is 2.20. The Hall–Kier alpha value is -0.870. The van der Waals surface area contributed by atoms with E-state index < -0.39 is 10.0 Å². The van der Waals surface area contributed by atoms with E-state index in [0.717, 1.165) is 5.56 Å². The molecule has 0 N–H and O–H groups in total. The van der Waals surface area contributed by atoms with E-state index in [1.807, 2.05) is 26.8 Å². The van der Waals surface area contributed by atoms with Crippen LogP contribution in [-0.2, 0) is 10.0 Å².